The second-order valence-electron chi connectivity index (χ2n) is 7.69. The van der Waals surface area contributed by atoms with E-state index in [9.17, 15) is 23.3 Å². The molecule has 9 nitrogen and oxygen atoms in total. The summed E-state index contributed by atoms with van der Waals surface area (Å²) in [6.07, 6.45) is 3.30. The molecule has 0 bridgehead atoms. The number of nitro benzene ring substituents is 1. The number of para-hydroxylation sites is 1. The Bertz CT molecular complexity index is 848. The van der Waals surface area contributed by atoms with Crippen molar-refractivity contribution in [3.8, 4) is 0 Å². The molecule has 2 fully saturated rings. The molecule has 160 valence electrons. The molecular weight excluding hydrogens is 396 g/mol. The lowest BCUT2D eigenvalue weighted by Crippen LogP contribution is -2.51. The predicted molar refractivity (Wildman–Crippen MR) is 108 cm³/mol. The van der Waals surface area contributed by atoms with Crippen molar-refractivity contribution < 1.29 is 18.1 Å². The van der Waals surface area contributed by atoms with Gasteiger partial charge >= 0.3 is 0 Å². The average molecular weight is 425 g/mol. The zero-order chi connectivity index (χ0) is 21.0. The summed E-state index contributed by atoms with van der Waals surface area (Å²) in [4.78, 5) is 26.8. The molecule has 1 aliphatic heterocycles. The van der Waals surface area contributed by atoms with E-state index < -0.39 is 20.6 Å². The minimum atomic E-state index is -3.95. The Balaban J connectivity index is 1.60. The topological polar surface area (TPSA) is 104 Å². The van der Waals surface area contributed by atoms with E-state index in [0.717, 1.165) is 19.5 Å². The number of piperazine rings is 1. The fourth-order valence-electron chi connectivity index (χ4n) is 3.58. The number of amides is 1. The van der Waals surface area contributed by atoms with E-state index >= 15 is 0 Å². The highest BCUT2D eigenvalue weighted by molar-refractivity contribution is 7.89. The Morgan fingerprint density at radius 1 is 1.21 bits per heavy atom. The van der Waals surface area contributed by atoms with Crippen molar-refractivity contribution in [3.05, 3.63) is 34.4 Å². The van der Waals surface area contributed by atoms with Crippen LogP contribution < -0.4 is 0 Å². The van der Waals surface area contributed by atoms with Crippen LogP contribution in [0.3, 0.4) is 0 Å². The van der Waals surface area contributed by atoms with Crippen LogP contribution in [-0.4, -0.2) is 79.2 Å². The Hall–Kier alpha value is -2.04. The number of sulfonamides is 1. The van der Waals surface area contributed by atoms with Gasteiger partial charge in [0.2, 0.25) is 15.9 Å². The van der Waals surface area contributed by atoms with E-state index in [1.165, 1.54) is 41.4 Å². The van der Waals surface area contributed by atoms with Crippen LogP contribution in [0.5, 0.6) is 0 Å². The van der Waals surface area contributed by atoms with Gasteiger partial charge in [0.05, 0.1) is 11.5 Å². The minimum Gasteiger partial charge on any atom is -0.341 e. The molecule has 1 aliphatic carbocycles. The molecule has 0 atom stereocenters. The van der Waals surface area contributed by atoms with Crippen molar-refractivity contribution >= 4 is 21.6 Å². The first-order valence-corrected chi connectivity index (χ1v) is 11.5. The molecule has 0 unspecified atom stereocenters. The maximum atomic E-state index is 12.9. The number of nitrogens with zero attached hydrogens (tertiary/aromatic N) is 4. The molecule has 0 aromatic heterocycles. The van der Waals surface area contributed by atoms with Crippen LogP contribution in [-0.2, 0) is 14.8 Å². The van der Waals surface area contributed by atoms with Crippen LogP contribution >= 0.6 is 0 Å². The molecule has 1 saturated heterocycles. The molecule has 10 heteroatoms. The molecule has 29 heavy (non-hydrogen) atoms. The van der Waals surface area contributed by atoms with Gasteiger partial charge in [0, 0.05) is 45.3 Å². The van der Waals surface area contributed by atoms with Crippen LogP contribution in [0.25, 0.3) is 0 Å². The summed E-state index contributed by atoms with van der Waals surface area (Å²) >= 11 is 0. The molecule has 1 aromatic rings. The third-order valence-electron chi connectivity index (χ3n) is 5.39. The molecular formula is C19H28N4O5S. The van der Waals surface area contributed by atoms with Gasteiger partial charge in [-0.25, -0.2) is 8.42 Å². The first-order chi connectivity index (χ1) is 13.8. The largest absolute Gasteiger partial charge is 0.341 e. The lowest BCUT2D eigenvalue weighted by Gasteiger charge is -2.34. The summed E-state index contributed by atoms with van der Waals surface area (Å²) in [5.41, 5.74) is -0.416. The number of hydrogen-bond donors (Lipinski definition) is 0. The Morgan fingerprint density at radius 3 is 2.45 bits per heavy atom. The number of benzene rings is 1. The molecule has 1 aromatic carbocycles. The van der Waals surface area contributed by atoms with Gasteiger partial charge < -0.3 is 4.90 Å². The first-order valence-electron chi connectivity index (χ1n) is 10.1. The van der Waals surface area contributed by atoms with Crippen LogP contribution in [0, 0.1) is 16.0 Å². The summed E-state index contributed by atoms with van der Waals surface area (Å²) in [5.74, 6) is 0.725. The standard InChI is InChI=1S/C19H28N4O5S/c1-2-9-21(14-16-7-8-16)19(24)15-20-10-12-22(13-11-20)29(27,28)18-6-4-3-5-17(18)23(25)26/h3-6,16H,2,7-15H2,1H3. The predicted octanol–water partition coefficient (Wildman–Crippen LogP) is 1.55. The third kappa shape index (κ3) is 5.31. The molecule has 1 amide bonds. The molecule has 3 rings (SSSR count). The molecule has 0 N–H and O–H groups in total. The van der Waals surface area contributed by atoms with Gasteiger partial charge in [0.25, 0.3) is 5.69 Å². The number of rotatable bonds is 9. The third-order valence-corrected chi connectivity index (χ3v) is 7.34. The summed E-state index contributed by atoms with van der Waals surface area (Å²) in [5, 5.41) is 11.2. The maximum Gasteiger partial charge on any atom is 0.289 e. The second-order valence-corrected chi connectivity index (χ2v) is 9.59. The highest BCUT2D eigenvalue weighted by Crippen LogP contribution is 2.30. The average Bonchev–Trinajstić information content (AvgIpc) is 3.52. The summed E-state index contributed by atoms with van der Waals surface area (Å²) in [6.45, 7) is 5.17. The van der Waals surface area contributed by atoms with Crippen LogP contribution in [0.4, 0.5) is 5.69 Å². The van der Waals surface area contributed by atoms with Crippen molar-refractivity contribution in [3.63, 3.8) is 0 Å². The second kappa shape index (κ2) is 9.19. The molecule has 1 heterocycles. The van der Waals surface area contributed by atoms with Gasteiger partial charge in [-0.1, -0.05) is 19.1 Å². The maximum absolute atomic E-state index is 12.9. The number of hydrogen-bond acceptors (Lipinski definition) is 6. The lowest BCUT2D eigenvalue weighted by molar-refractivity contribution is -0.387. The summed E-state index contributed by atoms with van der Waals surface area (Å²) in [7, 11) is -3.95. The van der Waals surface area contributed by atoms with Crippen molar-refractivity contribution in [2.24, 2.45) is 5.92 Å². The highest BCUT2D eigenvalue weighted by Gasteiger charge is 2.34. The summed E-state index contributed by atoms with van der Waals surface area (Å²) in [6, 6.07) is 5.40. The van der Waals surface area contributed by atoms with Crippen molar-refractivity contribution in [2.75, 3.05) is 45.8 Å². The first kappa shape index (κ1) is 21.7. The van der Waals surface area contributed by atoms with Gasteiger partial charge in [0.15, 0.2) is 4.90 Å². The molecule has 0 spiro atoms. The Morgan fingerprint density at radius 2 is 1.86 bits per heavy atom. The highest BCUT2D eigenvalue weighted by atomic mass is 32.2. The Labute approximate surface area is 171 Å². The molecule has 1 saturated carbocycles. The van der Waals surface area contributed by atoms with Crippen LogP contribution in [0.1, 0.15) is 26.2 Å². The fraction of sp³-hybridized carbons (Fsp3) is 0.632. The van der Waals surface area contributed by atoms with Crippen molar-refractivity contribution in [1.29, 1.82) is 0 Å². The minimum absolute atomic E-state index is 0.0914. The van der Waals surface area contributed by atoms with Crippen LogP contribution in [0.15, 0.2) is 29.2 Å². The fourth-order valence-corrected chi connectivity index (χ4v) is 5.16. The quantitative estimate of drug-likeness (QED) is 0.440. The number of nitro groups is 1. The zero-order valence-electron chi connectivity index (χ0n) is 16.7. The van der Waals surface area contributed by atoms with E-state index in [0.29, 0.717) is 19.0 Å². The van der Waals surface area contributed by atoms with E-state index in [4.69, 9.17) is 0 Å². The smallest absolute Gasteiger partial charge is 0.289 e. The molecule has 2 aliphatic rings. The molecule has 0 radical (unpaired) electrons. The monoisotopic (exact) mass is 424 g/mol. The normalized spacial score (nSPS) is 18.5. The summed E-state index contributed by atoms with van der Waals surface area (Å²) < 4.78 is 27.0. The van der Waals surface area contributed by atoms with Gasteiger partial charge in [-0.2, -0.15) is 4.31 Å². The van der Waals surface area contributed by atoms with E-state index in [2.05, 4.69) is 6.92 Å². The lowest BCUT2D eigenvalue weighted by atomic mass is 10.3. The Kier molecular flexibility index (Phi) is 6.86. The van der Waals surface area contributed by atoms with E-state index in [1.807, 2.05) is 9.80 Å². The van der Waals surface area contributed by atoms with Gasteiger partial charge in [0.1, 0.15) is 0 Å². The van der Waals surface area contributed by atoms with Crippen molar-refractivity contribution in [1.82, 2.24) is 14.1 Å². The SMILES string of the molecule is CCCN(CC1CC1)C(=O)CN1CCN(S(=O)(=O)c2ccccc2[N+](=O)[O-])CC1. The van der Waals surface area contributed by atoms with Gasteiger partial charge in [-0.3, -0.25) is 19.8 Å². The number of carbonyl (C=O) groups is 1. The van der Waals surface area contributed by atoms with Gasteiger partial charge in [-0.05, 0) is 31.2 Å². The van der Waals surface area contributed by atoms with Gasteiger partial charge in [-0.15, -0.1) is 0 Å². The van der Waals surface area contributed by atoms with E-state index in [1.54, 1.807) is 0 Å². The van der Waals surface area contributed by atoms with E-state index in [-0.39, 0.29) is 30.4 Å². The number of carbonyl (C=O) groups excluding carboxylic acids is 1. The zero-order valence-corrected chi connectivity index (χ0v) is 17.5. The van der Waals surface area contributed by atoms with Crippen LogP contribution in [0.2, 0.25) is 0 Å². The van der Waals surface area contributed by atoms with Crippen molar-refractivity contribution in [2.45, 2.75) is 31.1 Å².